The molecule has 0 aliphatic carbocycles. The molecule has 1 aromatic rings. The minimum atomic E-state index is -0.644. The van der Waals surface area contributed by atoms with Gasteiger partial charge in [-0.3, -0.25) is 9.59 Å². The number of nitrogens with one attached hydrogen (secondary N) is 1. The zero-order valence-electron chi connectivity index (χ0n) is 13.8. The lowest BCUT2D eigenvalue weighted by atomic mass is 10.2. The number of benzene rings is 1. The predicted octanol–water partition coefficient (Wildman–Crippen LogP) is 1.05. The number of carbonyl (C=O) groups is 2. The van der Waals surface area contributed by atoms with Crippen LogP contribution in [0.3, 0.4) is 0 Å². The van der Waals surface area contributed by atoms with Gasteiger partial charge in [0.05, 0.1) is 13.7 Å². The van der Waals surface area contributed by atoms with Crippen LogP contribution in [0.4, 0.5) is 0 Å². The third kappa shape index (κ3) is 6.12. The van der Waals surface area contributed by atoms with Crippen LogP contribution >= 0.6 is 0 Å². The van der Waals surface area contributed by atoms with Crippen molar-refractivity contribution in [1.29, 1.82) is 0 Å². The van der Waals surface area contributed by atoms with Crippen molar-refractivity contribution >= 4 is 17.9 Å². The van der Waals surface area contributed by atoms with Gasteiger partial charge in [-0.05, 0) is 37.6 Å². The first-order valence-electron chi connectivity index (χ1n) is 7.54. The number of aliphatic hydroxyl groups is 1. The van der Waals surface area contributed by atoms with Crippen molar-refractivity contribution in [1.82, 2.24) is 10.2 Å². The number of hydrogen-bond donors (Lipinski definition) is 2. The summed E-state index contributed by atoms with van der Waals surface area (Å²) in [7, 11) is 1.59. The Morgan fingerprint density at radius 1 is 1.35 bits per heavy atom. The van der Waals surface area contributed by atoms with Crippen molar-refractivity contribution < 1.29 is 19.4 Å². The van der Waals surface area contributed by atoms with Gasteiger partial charge in [0.25, 0.3) is 0 Å². The van der Waals surface area contributed by atoms with E-state index in [1.807, 2.05) is 19.1 Å². The standard InChI is InChI=1S/C17H24N2O4/c1-4-19(11-12-20)17(22)13(2)18-16(21)10-7-14-5-8-15(23-3)9-6-14/h5-10,13,20H,4,11-12H2,1-3H3,(H,18,21)/b10-7+. The summed E-state index contributed by atoms with van der Waals surface area (Å²) in [5.41, 5.74) is 0.857. The van der Waals surface area contributed by atoms with E-state index in [0.29, 0.717) is 6.54 Å². The maximum Gasteiger partial charge on any atom is 0.244 e. The van der Waals surface area contributed by atoms with E-state index in [2.05, 4.69) is 5.32 Å². The molecular formula is C17H24N2O4. The van der Waals surface area contributed by atoms with E-state index in [4.69, 9.17) is 9.84 Å². The molecule has 0 aliphatic heterocycles. The van der Waals surface area contributed by atoms with E-state index in [1.54, 1.807) is 32.2 Å². The van der Waals surface area contributed by atoms with Gasteiger partial charge in [-0.2, -0.15) is 0 Å². The molecule has 1 unspecified atom stereocenters. The monoisotopic (exact) mass is 320 g/mol. The molecule has 0 aliphatic rings. The Bertz CT molecular complexity index is 540. The van der Waals surface area contributed by atoms with E-state index >= 15 is 0 Å². The Morgan fingerprint density at radius 2 is 2.00 bits per heavy atom. The minimum Gasteiger partial charge on any atom is -0.497 e. The van der Waals surface area contributed by atoms with Crippen LogP contribution in [-0.2, 0) is 9.59 Å². The van der Waals surface area contributed by atoms with Gasteiger partial charge in [-0.25, -0.2) is 0 Å². The second-order valence-electron chi connectivity index (χ2n) is 4.98. The third-order valence-corrected chi connectivity index (χ3v) is 3.34. The quantitative estimate of drug-likeness (QED) is 0.702. The van der Waals surface area contributed by atoms with Crippen LogP contribution in [0, 0.1) is 0 Å². The minimum absolute atomic E-state index is 0.0996. The number of rotatable bonds is 8. The maximum atomic E-state index is 12.1. The lowest BCUT2D eigenvalue weighted by Crippen LogP contribution is -2.47. The van der Waals surface area contributed by atoms with Gasteiger partial charge in [0.1, 0.15) is 11.8 Å². The van der Waals surface area contributed by atoms with Crippen LogP contribution in [0.15, 0.2) is 30.3 Å². The Hall–Kier alpha value is -2.34. The van der Waals surface area contributed by atoms with E-state index in [9.17, 15) is 9.59 Å². The fourth-order valence-corrected chi connectivity index (χ4v) is 2.03. The van der Waals surface area contributed by atoms with Crippen LogP contribution in [0.1, 0.15) is 19.4 Å². The van der Waals surface area contributed by atoms with Gasteiger partial charge in [-0.15, -0.1) is 0 Å². The van der Waals surface area contributed by atoms with Crippen LogP contribution < -0.4 is 10.1 Å². The van der Waals surface area contributed by atoms with Gasteiger partial charge in [0.15, 0.2) is 0 Å². The van der Waals surface area contributed by atoms with Crippen molar-refractivity contribution in [2.75, 3.05) is 26.8 Å². The van der Waals surface area contributed by atoms with Gasteiger partial charge in [0.2, 0.25) is 11.8 Å². The number of likely N-dealkylation sites (N-methyl/N-ethyl adjacent to an activating group) is 1. The number of hydrogen-bond acceptors (Lipinski definition) is 4. The second-order valence-corrected chi connectivity index (χ2v) is 4.98. The fraction of sp³-hybridized carbons (Fsp3) is 0.412. The topological polar surface area (TPSA) is 78.9 Å². The molecule has 0 spiro atoms. The summed E-state index contributed by atoms with van der Waals surface area (Å²) in [6.45, 7) is 4.10. The third-order valence-electron chi connectivity index (χ3n) is 3.34. The summed E-state index contributed by atoms with van der Waals surface area (Å²) in [5, 5.41) is 11.5. The van der Waals surface area contributed by atoms with Crippen LogP contribution in [0.2, 0.25) is 0 Å². The number of nitrogens with zero attached hydrogens (tertiary/aromatic N) is 1. The maximum absolute atomic E-state index is 12.1. The van der Waals surface area contributed by atoms with Gasteiger partial charge < -0.3 is 20.1 Å². The number of amides is 2. The highest BCUT2D eigenvalue weighted by molar-refractivity contribution is 5.95. The summed E-state index contributed by atoms with van der Waals surface area (Å²) < 4.78 is 5.06. The molecule has 23 heavy (non-hydrogen) atoms. The number of aliphatic hydroxyl groups excluding tert-OH is 1. The first-order valence-corrected chi connectivity index (χ1v) is 7.54. The summed E-state index contributed by atoms with van der Waals surface area (Å²) in [5.74, 6) is 0.184. The summed E-state index contributed by atoms with van der Waals surface area (Å²) >= 11 is 0. The molecular weight excluding hydrogens is 296 g/mol. The highest BCUT2D eigenvalue weighted by atomic mass is 16.5. The van der Waals surface area contributed by atoms with E-state index in [-0.39, 0.29) is 25.0 Å². The molecule has 2 N–H and O–H groups in total. The molecule has 1 atom stereocenters. The van der Waals surface area contributed by atoms with E-state index in [1.165, 1.54) is 11.0 Å². The lowest BCUT2D eigenvalue weighted by molar-refractivity contribution is -0.135. The van der Waals surface area contributed by atoms with Gasteiger partial charge in [0, 0.05) is 19.2 Å². The van der Waals surface area contributed by atoms with Crippen LogP contribution in [0.5, 0.6) is 5.75 Å². The Balaban J connectivity index is 2.57. The van der Waals surface area contributed by atoms with Crippen molar-refractivity contribution in [3.05, 3.63) is 35.9 Å². The van der Waals surface area contributed by atoms with Crippen molar-refractivity contribution in [2.45, 2.75) is 19.9 Å². The van der Waals surface area contributed by atoms with Crippen molar-refractivity contribution in [3.63, 3.8) is 0 Å². The summed E-state index contributed by atoms with van der Waals surface area (Å²) in [4.78, 5) is 25.5. The molecule has 126 valence electrons. The number of carbonyl (C=O) groups excluding carboxylic acids is 2. The second kappa shape index (κ2) is 9.63. The summed E-state index contributed by atoms with van der Waals surface area (Å²) in [6.07, 6.45) is 3.05. The average Bonchev–Trinajstić information content (AvgIpc) is 2.57. The summed E-state index contributed by atoms with van der Waals surface area (Å²) in [6, 6.07) is 6.62. The Labute approximate surface area is 136 Å². The number of methoxy groups -OCH3 is 1. The molecule has 0 aromatic heterocycles. The number of ether oxygens (including phenoxy) is 1. The zero-order chi connectivity index (χ0) is 17.2. The Morgan fingerprint density at radius 3 is 2.52 bits per heavy atom. The molecule has 0 bridgehead atoms. The first-order chi connectivity index (χ1) is 11.0. The van der Waals surface area contributed by atoms with E-state index in [0.717, 1.165) is 11.3 Å². The SMILES string of the molecule is CCN(CCO)C(=O)C(C)NC(=O)/C=C/c1ccc(OC)cc1. The van der Waals surface area contributed by atoms with Crippen molar-refractivity contribution in [2.24, 2.45) is 0 Å². The van der Waals surface area contributed by atoms with Crippen molar-refractivity contribution in [3.8, 4) is 5.75 Å². The largest absolute Gasteiger partial charge is 0.497 e. The highest BCUT2D eigenvalue weighted by Crippen LogP contribution is 2.12. The molecule has 0 saturated heterocycles. The van der Waals surface area contributed by atoms with Crippen LogP contribution in [-0.4, -0.2) is 54.7 Å². The van der Waals surface area contributed by atoms with Crippen LogP contribution in [0.25, 0.3) is 6.08 Å². The Kier molecular flexibility index (Phi) is 7.83. The smallest absolute Gasteiger partial charge is 0.244 e. The predicted molar refractivity (Wildman–Crippen MR) is 89.0 cm³/mol. The molecule has 1 rings (SSSR count). The molecule has 0 radical (unpaired) electrons. The fourth-order valence-electron chi connectivity index (χ4n) is 2.03. The lowest BCUT2D eigenvalue weighted by Gasteiger charge is -2.23. The zero-order valence-corrected chi connectivity index (χ0v) is 13.8. The molecule has 6 nitrogen and oxygen atoms in total. The highest BCUT2D eigenvalue weighted by Gasteiger charge is 2.19. The van der Waals surface area contributed by atoms with Gasteiger partial charge in [-0.1, -0.05) is 12.1 Å². The normalized spacial score (nSPS) is 12.0. The molecule has 0 heterocycles. The first kappa shape index (κ1) is 18.7. The molecule has 1 aromatic carbocycles. The molecule has 0 fully saturated rings. The molecule has 6 heteroatoms. The van der Waals surface area contributed by atoms with Gasteiger partial charge >= 0.3 is 0 Å². The molecule has 0 saturated carbocycles. The average molecular weight is 320 g/mol. The van der Waals surface area contributed by atoms with E-state index < -0.39 is 6.04 Å². The molecule has 2 amide bonds.